The van der Waals surface area contributed by atoms with Crippen LogP contribution in [0.1, 0.15) is 0 Å². The highest BCUT2D eigenvalue weighted by molar-refractivity contribution is 7.99. The van der Waals surface area contributed by atoms with E-state index >= 15 is 0 Å². The molecule has 0 amide bonds. The van der Waals surface area contributed by atoms with Gasteiger partial charge in [-0.15, -0.1) is 0 Å². The average Bonchev–Trinajstić information content (AvgIpc) is 3.20. The Hall–Kier alpha value is -6.30. The van der Waals surface area contributed by atoms with Gasteiger partial charge in [0.25, 0.3) is 0 Å². The summed E-state index contributed by atoms with van der Waals surface area (Å²) in [5, 5.41) is 0. The van der Waals surface area contributed by atoms with E-state index in [0.29, 0.717) is 17.5 Å². The predicted octanol–water partition coefficient (Wildman–Crippen LogP) is 12.1. The van der Waals surface area contributed by atoms with Crippen molar-refractivity contribution < 1.29 is 0 Å². The quantitative estimate of drug-likeness (QED) is 0.178. The van der Waals surface area contributed by atoms with Gasteiger partial charge in [0.15, 0.2) is 17.5 Å². The monoisotopic (exact) mass is 658 g/mol. The second-order valence-corrected chi connectivity index (χ2v) is 13.1. The minimum atomic E-state index is 0.611. The lowest BCUT2D eigenvalue weighted by Gasteiger charge is -2.34. The van der Waals surface area contributed by atoms with E-state index in [1.807, 2.05) is 36.4 Å². The van der Waals surface area contributed by atoms with E-state index in [1.165, 1.54) is 20.9 Å². The molecule has 0 N–H and O–H groups in total. The van der Waals surface area contributed by atoms with Gasteiger partial charge in [-0.1, -0.05) is 157 Å². The van der Waals surface area contributed by atoms with Crippen LogP contribution in [0.2, 0.25) is 0 Å². The number of hydrogen-bond acceptors (Lipinski definition) is 5. The first-order valence-electron chi connectivity index (χ1n) is 16.6. The number of anilines is 3. The van der Waals surface area contributed by atoms with Crippen LogP contribution in [-0.4, -0.2) is 15.0 Å². The van der Waals surface area contributed by atoms with Crippen LogP contribution < -0.4 is 4.90 Å². The SMILES string of the molecule is c1ccc(-c2nc(-c3ccccc3)nc(-c3cc(-c4ccccc4-c4ccccc4)ccc3N3c4ccccc4Sc4ccccc43)n2)cc1. The fraction of sp³-hybridized carbons (Fsp3) is 0. The van der Waals surface area contributed by atoms with Gasteiger partial charge in [0.05, 0.1) is 17.1 Å². The number of hydrogen-bond donors (Lipinski definition) is 0. The van der Waals surface area contributed by atoms with Crippen LogP contribution in [0, 0.1) is 0 Å². The number of nitrogens with zero attached hydrogens (tertiary/aromatic N) is 4. The summed E-state index contributed by atoms with van der Waals surface area (Å²) >= 11 is 1.80. The third kappa shape index (κ3) is 5.54. The molecular formula is C45H30N4S. The minimum absolute atomic E-state index is 0.611. The van der Waals surface area contributed by atoms with E-state index in [9.17, 15) is 0 Å². The van der Waals surface area contributed by atoms with Crippen LogP contribution in [-0.2, 0) is 0 Å². The van der Waals surface area contributed by atoms with Crippen LogP contribution in [0.5, 0.6) is 0 Å². The van der Waals surface area contributed by atoms with Crippen LogP contribution >= 0.6 is 11.8 Å². The van der Waals surface area contributed by atoms with Crippen molar-refractivity contribution in [3.63, 3.8) is 0 Å². The Balaban J connectivity index is 1.33. The molecule has 0 atom stereocenters. The lowest BCUT2D eigenvalue weighted by Crippen LogP contribution is -2.16. The van der Waals surface area contributed by atoms with E-state index < -0.39 is 0 Å². The Labute approximate surface area is 295 Å². The van der Waals surface area contributed by atoms with E-state index in [2.05, 4.69) is 150 Å². The van der Waals surface area contributed by atoms with Crippen molar-refractivity contribution in [3.8, 4) is 56.4 Å². The first kappa shape index (κ1) is 29.8. The zero-order chi connectivity index (χ0) is 33.3. The molecule has 5 heteroatoms. The molecule has 0 fully saturated rings. The molecule has 4 nitrogen and oxygen atoms in total. The van der Waals surface area contributed by atoms with E-state index in [-0.39, 0.29) is 0 Å². The second kappa shape index (κ2) is 13.0. The molecule has 7 aromatic carbocycles. The third-order valence-corrected chi connectivity index (χ3v) is 10.1. The largest absolute Gasteiger partial charge is 0.307 e. The fourth-order valence-corrected chi connectivity index (χ4v) is 7.63. The number of fused-ring (bicyclic) bond motifs is 2. The molecule has 9 rings (SSSR count). The van der Waals surface area contributed by atoms with Gasteiger partial charge < -0.3 is 4.90 Å². The lowest BCUT2D eigenvalue weighted by molar-refractivity contribution is 1.07. The van der Waals surface area contributed by atoms with Crippen molar-refractivity contribution >= 4 is 28.8 Å². The molecule has 2 heterocycles. The van der Waals surface area contributed by atoms with Gasteiger partial charge in [0.1, 0.15) is 0 Å². The van der Waals surface area contributed by atoms with Crippen molar-refractivity contribution in [3.05, 3.63) is 182 Å². The van der Waals surface area contributed by atoms with Gasteiger partial charge in [-0.2, -0.15) is 0 Å². The molecule has 50 heavy (non-hydrogen) atoms. The van der Waals surface area contributed by atoms with Crippen molar-refractivity contribution in [2.75, 3.05) is 4.90 Å². The highest BCUT2D eigenvalue weighted by Crippen LogP contribution is 2.53. The summed E-state index contributed by atoms with van der Waals surface area (Å²) in [4.78, 5) is 20.2. The molecule has 0 saturated heterocycles. The molecule has 1 aromatic heterocycles. The van der Waals surface area contributed by atoms with Gasteiger partial charge in [0.2, 0.25) is 0 Å². The fourth-order valence-electron chi connectivity index (χ4n) is 6.58. The van der Waals surface area contributed by atoms with Gasteiger partial charge in [0, 0.05) is 26.5 Å². The smallest absolute Gasteiger partial charge is 0.166 e. The van der Waals surface area contributed by atoms with Crippen LogP contribution in [0.3, 0.4) is 0 Å². The number of rotatable bonds is 6. The minimum Gasteiger partial charge on any atom is -0.307 e. The molecule has 1 aliphatic heterocycles. The molecule has 0 radical (unpaired) electrons. The molecule has 236 valence electrons. The van der Waals surface area contributed by atoms with Crippen molar-refractivity contribution in [1.82, 2.24) is 15.0 Å². The zero-order valence-electron chi connectivity index (χ0n) is 27.0. The summed E-state index contributed by atoms with van der Waals surface area (Å²) in [6, 6.07) is 63.4. The average molecular weight is 659 g/mol. The number of benzene rings is 7. The summed E-state index contributed by atoms with van der Waals surface area (Å²) < 4.78 is 0. The van der Waals surface area contributed by atoms with Crippen molar-refractivity contribution in [1.29, 1.82) is 0 Å². The molecule has 0 saturated carbocycles. The highest BCUT2D eigenvalue weighted by Gasteiger charge is 2.28. The van der Waals surface area contributed by atoms with E-state index in [1.54, 1.807) is 11.8 Å². The molecule has 0 aliphatic carbocycles. The maximum Gasteiger partial charge on any atom is 0.166 e. The van der Waals surface area contributed by atoms with Crippen molar-refractivity contribution in [2.45, 2.75) is 9.79 Å². The summed E-state index contributed by atoms with van der Waals surface area (Å²) in [6.45, 7) is 0. The Bertz CT molecular complexity index is 2360. The molecule has 0 unspecified atom stereocenters. The third-order valence-electron chi connectivity index (χ3n) is 8.93. The van der Waals surface area contributed by atoms with Crippen LogP contribution in [0.25, 0.3) is 56.4 Å². The topological polar surface area (TPSA) is 41.9 Å². The summed E-state index contributed by atoms with van der Waals surface area (Å²) in [5.41, 5.74) is 10.6. The second-order valence-electron chi connectivity index (χ2n) is 12.1. The summed E-state index contributed by atoms with van der Waals surface area (Å²) in [6.07, 6.45) is 0. The molecule has 1 aliphatic rings. The van der Waals surface area contributed by atoms with Crippen molar-refractivity contribution in [2.24, 2.45) is 0 Å². The maximum atomic E-state index is 5.23. The zero-order valence-corrected chi connectivity index (χ0v) is 27.8. The molecule has 0 spiro atoms. The van der Waals surface area contributed by atoms with Crippen LogP contribution in [0.15, 0.2) is 192 Å². The Morgan fingerprint density at radius 1 is 0.320 bits per heavy atom. The number of aromatic nitrogens is 3. The van der Waals surface area contributed by atoms with Gasteiger partial charge in [-0.05, 0) is 58.7 Å². The summed E-state index contributed by atoms with van der Waals surface area (Å²) in [5.74, 6) is 1.87. The van der Waals surface area contributed by atoms with Gasteiger partial charge in [-0.3, -0.25) is 0 Å². The van der Waals surface area contributed by atoms with E-state index in [0.717, 1.165) is 44.9 Å². The molecule has 0 bridgehead atoms. The first-order chi connectivity index (χ1) is 24.8. The Morgan fingerprint density at radius 3 is 1.32 bits per heavy atom. The highest BCUT2D eigenvalue weighted by atomic mass is 32.2. The van der Waals surface area contributed by atoms with E-state index in [4.69, 9.17) is 15.0 Å². The van der Waals surface area contributed by atoms with Gasteiger partial charge >= 0.3 is 0 Å². The molecule has 8 aromatic rings. The first-order valence-corrected chi connectivity index (χ1v) is 17.4. The van der Waals surface area contributed by atoms with Crippen LogP contribution in [0.4, 0.5) is 17.1 Å². The normalized spacial score (nSPS) is 11.9. The van der Waals surface area contributed by atoms with Gasteiger partial charge in [-0.25, -0.2) is 15.0 Å². The summed E-state index contributed by atoms with van der Waals surface area (Å²) in [7, 11) is 0. The Kier molecular flexibility index (Phi) is 7.72. The number of para-hydroxylation sites is 2. The molecular weight excluding hydrogens is 629 g/mol. The predicted molar refractivity (Wildman–Crippen MR) is 206 cm³/mol. The Morgan fingerprint density at radius 2 is 0.760 bits per heavy atom. The lowest BCUT2D eigenvalue weighted by atomic mass is 9.93. The maximum absolute atomic E-state index is 5.23. The standard InChI is InChI=1S/C45H30N4S/c1-4-16-31(17-5-1)35-22-10-11-23-36(35)34-28-29-38(49-39-24-12-14-26-41(39)50-42-27-15-13-25-40(42)49)37(30-34)45-47-43(32-18-6-2-7-19-32)46-44(48-45)33-20-8-3-9-21-33/h1-30H.